The first-order valence-electron chi connectivity index (χ1n) is 5.74. The van der Waals surface area contributed by atoms with Crippen LogP contribution < -0.4 is 5.32 Å². The van der Waals surface area contributed by atoms with Gasteiger partial charge in [-0.3, -0.25) is 4.79 Å². The van der Waals surface area contributed by atoms with Crippen LogP contribution in [0.3, 0.4) is 0 Å². The molecule has 17 heavy (non-hydrogen) atoms. The second kappa shape index (κ2) is 4.37. The summed E-state index contributed by atoms with van der Waals surface area (Å²) in [6.07, 6.45) is 1.92. The number of phenols is 1. The molecule has 0 atom stereocenters. The van der Waals surface area contributed by atoms with Crippen LogP contribution in [-0.2, 0) is 0 Å². The van der Waals surface area contributed by atoms with Gasteiger partial charge in [-0.1, -0.05) is 0 Å². The molecule has 0 saturated heterocycles. The maximum atomic E-state index is 11.8. The molecular formula is C13H17NO3. The number of rotatable bonds is 4. The van der Waals surface area contributed by atoms with Gasteiger partial charge < -0.3 is 15.5 Å². The van der Waals surface area contributed by atoms with Gasteiger partial charge in [0.15, 0.2) is 0 Å². The lowest BCUT2D eigenvalue weighted by Crippen LogP contribution is -2.31. The van der Waals surface area contributed by atoms with Crippen LogP contribution in [0.25, 0.3) is 0 Å². The molecule has 1 amide bonds. The van der Waals surface area contributed by atoms with Crippen LogP contribution in [0.15, 0.2) is 18.2 Å². The number of benzene rings is 1. The van der Waals surface area contributed by atoms with E-state index in [1.807, 2.05) is 6.92 Å². The Morgan fingerprint density at radius 2 is 2.12 bits per heavy atom. The minimum atomic E-state index is -0.205. The van der Waals surface area contributed by atoms with Gasteiger partial charge in [0.2, 0.25) is 0 Å². The number of aliphatic hydroxyl groups is 1. The standard InChI is InChI=1S/C13H17NO3/c1-9-4-10(6-11(16)5-9)12(17)14-7-13(8-15)2-3-13/h4-6,15-16H,2-3,7-8H2,1H3,(H,14,17). The van der Waals surface area contributed by atoms with E-state index in [4.69, 9.17) is 5.11 Å². The van der Waals surface area contributed by atoms with E-state index in [1.54, 1.807) is 12.1 Å². The molecular weight excluding hydrogens is 218 g/mol. The quantitative estimate of drug-likeness (QED) is 0.734. The molecule has 0 aliphatic heterocycles. The lowest BCUT2D eigenvalue weighted by atomic mass is 10.1. The highest BCUT2D eigenvalue weighted by molar-refractivity contribution is 5.94. The number of aliphatic hydroxyl groups excluding tert-OH is 1. The highest BCUT2D eigenvalue weighted by Gasteiger charge is 2.42. The molecule has 0 aromatic heterocycles. The van der Waals surface area contributed by atoms with Crippen molar-refractivity contribution in [2.75, 3.05) is 13.2 Å². The van der Waals surface area contributed by atoms with Crippen molar-refractivity contribution < 1.29 is 15.0 Å². The fourth-order valence-corrected chi connectivity index (χ4v) is 1.83. The predicted octanol–water partition coefficient (Wildman–Crippen LogP) is 1.20. The zero-order chi connectivity index (χ0) is 12.5. The third-order valence-corrected chi connectivity index (χ3v) is 3.24. The predicted molar refractivity (Wildman–Crippen MR) is 63.9 cm³/mol. The number of phenolic OH excluding ortho intramolecular Hbond substituents is 1. The first kappa shape index (κ1) is 11.9. The minimum absolute atomic E-state index is 0.0957. The summed E-state index contributed by atoms with van der Waals surface area (Å²) in [6.45, 7) is 2.44. The fourth-order valence-electron chi connectivity index (χ4n) is 1.83. The molecule has 0 spiro atoms. The molecule has 1 saturated carbocycles. The first-order valence-corrected chi connectivity index (χ1v) is 5.74. The van der Waals surface area contributed by atoms with Gasteiger partial charge in [-0.2, -0.15) is 0 Å². The summed E-state index contributed by atoms with van der Waals surface area (Å²) in [4.78, 5) is 11.8. The Balaban J connectivity index is 1.99. The molecule has 2 rings (SSSR count). The van der Waals surface area contributed by atoms with Crippen molar-refractivity contribution in [1.29, 1.82) is 0 Å². The third kappa shape index (κ3) is 2.77. The number of amides is 1. The van der Waals surface area contributed by atoms with Gasteiger partial charge in [-0.25, -0.2) is 0 Å². The average Bonchev–Trinajstić information content (AvgIpc) is 3.05. The molecule has 1 aliphatic rings. The van der Waals surface area contributed by atoms with E-state index in [2.05, 4.69) is 5.32 Å². The van der Waals surface area contributed by atoms with Crippen LogP contribution in [0.2, 0.25) is 0 Å². The Morgan fingerprint density at radius 3 is 2.65 bits per heavy atom. The fraction of sp³-hybridized carbons (Fsp3) is 0.462. The van der Waals surface area contributed by atoms with E-state index in [9.17, 15) is 9.90 Å². The summed E-state index contributed by atoms with van der Waals surface area (Å²) in [6, 6.07) is 4.78. The monoisotopic (exact) mass is 235 g/mol. The second-order valence-electron chi connectivity index (χ2n) is 4.90. The zero-order valence-electron chi connectivity index (χ0n) is 9.86. The Hall–Kier alpha value is -1.55. The molecule has 0 bridgehead atoms. The van der Waals surface area contributed by atoms with Gasteiger partial charge in [0, 0.05) is 17.5 Å². The number of aryl methyl sites for hydroxylation is 1. The molecule has 1 aromatic carbocycles. The minimum Gasteiger partial charge on any atom is -0.508 e. The van der Waals surface area contributed by atoms with Crippen LogP contribution in [0, 0.1) is 12.3 Å². The number of hydrogen-bond donors (Lipinski definition) is 3. The maximum Gasteiger partial charge on any atom is 0.251 e. The third-order valence-electron chi connectivity index (χ3n) is 3.24. The van der Waals surface area contributed by atoms with Gasteiger partial charge in [0.1, 0.15) is 5.75 Å². The van der Waals surface area contributed by atoms with Crippen LogP contribution in [0.4, 0.5) is 0 Å². The van der Waals surface area contributed by atoms with Crippen molar-refractivity contribution in [3.05, 3.63) is 29.3 Å². The van der Waals surface area contributed by atoms with E-state index < -0.39 is 0 Å². The molecule has 1 fully saturated rings. The van der Waals surface area contributed by atoms with Gasteiger partial charge in [0.25, 0.3) is 5.91 Å². The highest BCUT2D eigenvalue weighted by Crippen LogP contribution is 2.44. The number of aromatic hydroxyl groups is 1. The first-order chi connectivity index (χ1) is 8.04. The Labute approximate surface area is 100 Å². The second-order valence-corrected chi connectivity index (χ2v) is 4.90. The van der Waals surface area contributed by atoms with Crippen LogP contribution in [-0.4, -0.2) is 29.3 Å². The number of carbonyl (C=O) groups excluding carboxylic acids is 1. The molecule has 4 heteroatoms. The van der Waals surface area contributed by atoms with Crippen LogP contribution in [0.1, 0.15) is 28.8 Å². The Kier molecular flexibility index (Phi) is 3.07. The summed E-state index contributed by atoms with van der Waals surface area (Å²) in [7, 11) is 0. The molecule has 3 N–H and O–H groups in total. The van der Waals surface area contributed by atoms with Gasteiger partial charge in [-0.05, 0) is 43.5 Å². The van der Waals surface area contributed by atoms with Gasteiger partial charge in [-0.15, -0.1) is 0 Å². The van der Waals surface area contributed by atoms with Crippen molar-refractivity contribution in [2.24, 2.45) is 5.41 Å². The van der Waals surface area contributed by atoms with E-state index in [1.165, 1.54) is 6.07 Å². The zero-order valence-corrected chi connectivity index (χ0v) is 9.86. The van der Waals surface area contributed by atoms with Gasteiger partial charge >= 0.3 is 0 Å². The van der Waals surface area contributed by atoms with E-state index in [0.29, 0.717) is 12.1 Å². The van der Waals surface area contributed by atoms with Crippen LogP contribution >= 0.6 is 0 Å². The van der Waals surface area contributed by atoms with Crippen molar-refractivity contribution in [1.82, 2.24) is 5.32 Å². The number of nitrogens with one attached hydrogen (secondary N) is 1. The molecule has 0 radical (unpaired) electrons. The van der Waals surface area contributed by atoms with E-state index in [-0.39, 0.29) is 23.7 Å². The molecule has 0 heterocycles. The lowest BCUT2D eigenvalue weighted by molar-refractivity contribution is 0.0934. The SMILES string of the molecule is Cc1cc(O)cc(C(=O)NCC2(CO)CC2)c1. The summed E-state index contributed by atoms with van der Waals surface area (Å²) >= 11 is 0. The number of hydrogen-bond acceptors (Lipinski definition) is 3. The summed E-state index contributed by atoms with van der Waals surface area (Å²) < 4.78 is 0. The summed E-state index contributed by atoms with van der Waals surface area (Å²) in [5, 5.41) is 21.3. The van der Waals surface area contributed by atoms with Crippen molar-refractivity contribution in [3.8, 4) is 5.75 Å². The molecule has 1 aliphatic carbocycles. The van der Waals surface area contributed by atoms with Gasteiger partial charge in [0.05, 0.1) is 6.61 Å². The van der Waals surface area contributed by atoms with E-state index >= 15 is 0 Å². The summed E-state index contributed by atoms with van der Waals surface area (Å²) in [5.74, 6) is -0.109. The van der Waals surface area contributed by atoms with Crippen molar-refractivity contribution in [2.45, 2.75) is 19.8 Å². The molecule has 0 unspecified atom stereocenters. The van der Waals surface area contributed by atoms with Crippen LogP contribution in [0.5, 0.6) is 5.75 Å². The van der Waals surface area contributed by atoms with Crippen molar-refractivity contribution >= 4 is 5.91 Å². The van der Waals surface area contributed by atoms with Crippen molar-refractivity contribution in [3.63, 3.8) is 0 Å². The van der Waals surface area contributed by atoms with E-state index in [0.717, 1.165) is 18.4 Å². The summed E-state index contributed by atoms with van der Waals surface area (Å²) in [5.41, 5.74) is 1.20. The molecule has 4 nitrogen and oxygen atoms in total. The average molecular weight is 235 g/mol. The Morgan fingerprint density at radius 1 is 1.41 bits per heavy atom. The Bertz CT molecular complexity index is 418. The molecule has 1 aromatic rings. The largest absolute Gasteiger partial charge is 0.508 e. The molecule has 92 valence electrons. The lowest BCUT2D eigenvalue weighted by Gasteiger charge is -2.13. The maximum absolute atomic E-state index is 11.8. The highest BCUT2D eigenvalue weighted by atomic mass is 16.3. The normalized spacial score (nSPS) is 16.6. The topological polar surface area (TPSA) is 69.6 Å². The smallest absolute Gasteiger partial charge is 0.251 e. The number of carbonyl (C=O) groups is 1.